The maximum Gasteiger partial charge on any atom is 0.0902 e. The van der Waals surface area contributed by atoms with Crippen LogP contribution in [0.3, 0.4) is 0 Å². The van der Waals surface area contributed by atoms with Crippen molar-refractivity contribution in [3.05, 3.63) is 30.0 Å². The van der Waals surface area contributed by atoms with E-state index in [0.717, 1.165) is 48.3 Å². The molecule has 0 radical (unpaired) electrons. The fourth-order valence-electron chi connectivity index (χ4n) is 2.42. The Balaban J connectivity index is 1.91. The Labute approximate surface area is 107 Å². The van der Waals surface area contributed by atoms with E-state index in [2.05, 4.69) is 22.3 Å². The smallest absolute Gasteiger partial charge is 0.0902 e. The van der Waals surface area contributed by atoms with Gasteiger partial charge in [0, 0.05) is 35.8 Å². The highest BCUT2D eigenvalue weighted by Gasteiger charge is 2.14. The van der Waals surface area contributed by atoms with Crippen LogP contribution in [0.1, 0.15) is 18.5 Å². The first kappa shape index (κ1) is 11.2. The highest BCUT2D eigenvalue weighted by Crippen LogP contribution is 2.26. The molecule has 0 amide bonds. The lowest BCUT2D eigenvalue weighted by Gasteiger charge is -2.24. The molecule has 0 atom stereocenters. The number of aromatic nitrogens is 1. The van der Waals surface area contributed by atoms with Crippen LogP contribution >= 0.6 is 0 Å². The van der Waals surface area contributed by atoms with Crippen molar-refractivity contribution >= 4 is 16.6 Å². The molecule has 1 aromatic carbocycles. The first-order valence-corrected chi connectivity index (χ1v) is 6.29. The second-order valence-electron chi connectivity index (χ2n) is 4.63. The van der Waals surface area contributed by atoms with Gasteiger partial charge in [-0.2, -0.15) is 0 Å². The Kier molecular flexibility index (Phi) is 2.95. The fourth-order valence-corrected chi connectivity index (χ4v) is 2.42. The summed E-state index contributed by atoms with van der Waals surface area (Å²) in [6.07, 6.45) is 7.55. The number of aromatic amines is 1. The zero-order chi connectivity index (χ0) is 12.4. The second kappa shape index (κ2) is 4.75. The van der Waals surface area contributed by atoms with Crippen molar-refractivity contribution in [2.75, 3.05) is 18.5 Å². The summed E-state index contributed by atoms with van der Waals surface area (Å²) in [5.41, 5.74) is 3.06. The Morgan fingerprint density at radius 1 is 1.33 bits per heavy atom. The molecule has 0 aliphatic carbocycles. The third kappa shape index (κ3) is 2.07. The molecule has 0 unspecified atom stereocenters. The predicted octanol–water partition coefficient (Wildman–Crippen LogP) is 2.74. The monoisotopic (exact) mass is 240 g/mol. The zero-order valence-electron chi connectivity index (χ0n) is 10.2. The SMILES string of the molecule is C#Cc1cc2c(NC3CCOCC3)cccc2[nH]1. The summed E-state index contributed by atoms with van der Waals surface area (Å²) in [6.45, 7) is 1.69. The zero-order valence-corrected chi connectivity index (χ0v) is 10.2. The summed E-state index contributed by atoms with van der Waals surface area (Å²) in [5.74, 6) is 2.64. The summed E-state index contributed by atoms with van der Waals surface area (Å²) < 4.78 is 5.37. The number of H-pyrrole nitrogens is 1. The lowest BCUT2D eigenvalue weighted by molar-refractivity contribution is 0.0905. The van der Waals surface area contributed by atoms with Gasteiger partial charge in [0.2, 0.25) is 0 Å². The van der Waals surface area contributed by atoms with E-state index in [4.69, 9.17) is 11.2 Å². The molecular weight excluding hydrogens is 224 g/mol. The average Bonchev–Trinajstić information content (AvgIpc) is 2.84. The maximum absolute atomic E-state index is 5.43. The Morgan fingerprint density at radius 2 is 2.17 bits per heavy atom. The number of fused-ring (bicyclic) bond motifs is 1. The van der Waals surface area contributed by atoms with Gasteiger partial charge in [0.15, 0.2) is 0 Å². The molecule has 2 N–H and O–H groups in total. The molecule has 2 heterocycles. The van der Waals surface area contributed by atoms with Crippen molar-refractivity contribution in [3.8, 4) is 12.3 Å². The minimum atomic E-state index is 0.494. The number of ether oxygens (including phenoxy) is 1. The van der Waals surface area contributed by atoms with E-state index in [1.165, 1.54) is 0 Å². The first-order valence-electron chi connectivity index (χ1n) is 6.29. The van der Waals surface area contributed by atoms with Crippen LogP contribution in [0.15, 0.2) is 24.3 Å². The van der Waals surface area contributed by atoms with Gasteiger partial charge in [0.25, 0.3) is 0 Å². The maximum atomic E-state index is 5.43. The van der Waals surface area contributed by atoms with Gasteiger partial charge >= 0.3 is 0 Å². The predicted molar refractivity (Wildman–Crippen MR) is 73.7 cm³/mol. The van der Waals surface area contributed by atoms with E-state index in [1.54, 1.807) is 0 Å². The van der Waals surface area contributed by atoms with Crippen LogP contribution in [-0.4, -0.2) is 24.2 Å². The van der Waals surface area contributed by atoms with Gasteiger partial charge < -0.3 is 15.0 Å². The first-order chi connectivity index (χ1) is 8.86. The number of rotatable bonds is 2. The topological polar surface area (TPSA) is 37.0 Å². The number of terminal acetylenes is 1. The molecule has 3 heteroatoms. The van der Waals surface area contributed by atoms with Crippen LogP contribution in [0.2, 0.25) is 0 Å². The minimum Gasteiger partial charge on any atom is -0.382 e. The second-order valence-corrected chi connectivity index (χ2v) is 4.63. The molecule has 0 saturated carbocycles. The van der Waals surface area contributed by atoms with Gasteiger partial charge in [0.05, 0.1) is 5.69 Å². The molecule has 0 spiro atoms. The van der Waals surface area contributed by atoms with E-state index in [0.29, 0.717) is 6.04 Å². The van der Waals surface area contributed by atoms with E-state index in [1.807, 2.05) is 18.2 Å². The highest BCUT2D eigenvalue weighted by molar-refractivity contribution is 5.93. The van der Waals surface area contributed by atoms with Crippen LogP contribution in [0.25, 0.3) is 10.9 Å². The fraction of sp³-hybridized carbons (Fsp3) is 0.333. The third-order valence-electron chi connectivity index (χ3n) is 3.40. The Bertz CT molecular complexity index is 588. The van der Waals surface area contributed by atoms with Gasteiger partial charge in [-0.05, 0) is 31.0 Å². The number of nitrogens with one attached hydrogen (secondary N) is 2. The van der Waals surface area contributed by atoms with Crippen LogP contribution in [0, 0.1) is 12.3 Å². The molecule has 1 aliphatic rings. The Morgan fingerprint density at radius 3 is 2.94 bits per heavy atom. The lowest BCUT2D eigenvalue weighted by Crippen LogP contribution is -2.27. The van der Waals surface area contributed by atoms with Crippen LogP contribution in [0.5, 0.6) is 0 Å². The lowest BCUT2D eigenvalue weighted by atomic mass is 10.1. The molecule has 1 aliphatic heterocycles. The molecule has 1 fully saturated rings. The largest absolute Gasteiger partial charge is 0.382 e. The van der Waals surface area contributed by atoms with Gasteiger partial charge in [-0.15, -0.1) is 6.42 Å². The van der Waals surface area contributed by atoms with Gasteiger partial charge in [-0.1, -0.05) is 12.0 Å². The Hall–Kier alpha value is -1.92. The standard InChI is InChI=1S/C15H16N2O/c1-2-11-10-13-14(16-11)4-3-5-15(13)17-12-6-8-18-9-7-12/h1,3-5,10,12,16-17H,6-9H2. The molecule has 92 valence electrons. The van der Waals surface area contributed by atoms with Crippen LogP contribution < -0.4 is 5.32 Å². The highest BCUT2D eigenvalue weighted by atomic mass is 16.5. The summed E-state index contributed by atoms with van der Waals surface area (Å²) >= 11 is 0. The van der Waals surface area contributed by atoms with Crippen molar-refractivity contribution in [3.63, 3.8) is 0 Å². The van der Waals surface area contributed by atoms with Crippen LogP contribution in [-0.2, 0) is 4.74 Å². The normalized spacial score (nSPS) is 16.6. The van der Waals surface area contributed by atoms with Crippen molar-refractivity contribution in [2.24, 2.45) is 0 Å². The summed E-state index contributed by atoms with van der Waals surface area (Å²) in [4.78, 5) is 3.22. The molecule has 3 rings (SSSR count). The molecule has 2 aromatic rings. The number of benzene rings is 1. The third-order valence-corrected chi connectivity index (χ3v) is 3.40. The molecule has 3 nitrogen and oxygen atoms in total. The average molecular weight is 240 g/mol. The van der Waals surface area contributed by atoms with E-state index in [9.17, 15) is 0 Å². The van der Waals surface area contributed by atoms with E-state index in [-0.39, 0.29) is 0 Å². The number of hydrogen-bond acceptors (Lipinski definition) is 2. The molecular formula is C15H16N2O. The van der Waals surface area contributed by atoms with Crippen molar-refractivity contribution in [1.29, 1.82) is 0 Å². The van der Waals surface area contributed by atoms with Gasteiger partial charge in [-0.3, -0.25) is 0 Å². The minimum absolute atomic E-state index is 0.494. The quantitative estimate of drug-likeness (QED) is 0.792. The summed E-state index contributed by atoms with van der Waals surface area (Å²) in [5, 5.41) is 4.76. The van der Waals surface area contributed by atoms with Crippen LogP contribution in [0.4, 0.5) is 5.69 Å². The molecule has 1 saturated heterocycles. The summed E-state index contributed by atoms with van der Waals surface area (Å²) in [7, 11) is 0. The van der Waals surface area contributed by atoms with E-state index >= 15 is 0 Å². The van der Waals surface area contributed by atoms with Crippen molar-refractivity contribution in [1.82, 2.24) is 4.98 Å². The number of hydrogen-bond donors (Lipinski definition) is 2. The van der Waals surface area contributed by atoms with Crippen molar-refractivity contribution in [2.45, 2.75) is 18.9 Å². The molecule has 1 aromatic heterocycles. The molecule has 18 heavy (non-hydrogen) atoms. The van der Waals surface area contributed by atoms with Gasteiger partial charge in [0.1, 0.15) is 0 Å². The van der Waals surface area contributed by atoms with Crippen molar-refractivity contribution < 1.29 is 4.74 Å². The van der Waals surface area contributed by atoms with Gasteiger partial charge in [-0.25, -0.2) is 0 Å². The summed E-state index contributed by atoms with van der Waals surface area (Å²) in [6, 6.07) is 8.71. The molecule has 0 bridgehead atoms. The van der Waals surface area contributed by atoms with E-state index < -0.39 is 0 Å². The number of anilines is 1.